The van der Waals surface area contributed by atoms with E-state index in [2.05, 4.69) is 297 Å². The highest BCUT2D eigenvalue weighted by molar-refractivity contribution is 5.81. The Hall–Kier alpha value is -3.92. The van der Waals surface area contributed by atoms with E-state index in [0.717, 1.165) is 72.5 Å². The topological polar surface area (TPSA) is 52.6 Å². The second-order valence-electron chi connectivity index (χ2n) is 35.8. The zero-order valence-electron chi connectivity index (χ0n) is 77.0. The molecule has 0 bridgehead atoms. The van der Waals surface area contributed by atoms with Crippen LogP contribution >= 0.6 is 0 Å². The van der Waals surface area contributed by atoms with Crippen molar-refractivity contribution in [2.45, 2.75) is 408 Å². The van der Waals surface area contributed by atoms with Crippen molar-refractivity contribution in [3.8, 4) is 0 Å². The van der Waals surface area contributed by atoms with Crippen molar-refractivity contribution >= 4 is 11.9 Å². The van der Waals surface area contributed by atoms with Crippen LogP contribution in [-0.2, 0) is 19.1 Å². The van der Waals surface area contributed by atoms with E-state index >= 15 is 0 Å². The first-order valence-electron chi connectivity index (χ1n) is 42.9. The molecular weight excluding hydrogens is 1270 g/mol. The minimum absolute atomic E-state index is 0.108. The third-order valence-corrected chi connectivity index (χ3v) is 17.8. The Morgan fingerprint density at radius 3 is 0.942 bits per heavy atom. The molecule has 0 N–H and O–H groups in total. The van der Waals surface area contributed by atoms with Crippen LogP contribution in [0, 0.1) is 76.9 Å². The Bertz CT molecular complexity index is 2250. The largest absolute Gasteiger partial charge is 0.469 e. The molecule has 0 spiro atoms. The number of hydrogen-bond acceptors (Lipinski definition) is 4. The monoisotopic (exact) mass is 1450 g/mol. The Labute approximate surface area is 656 Å². The van der Waals surface area contributed by atoms with E-state index in [4.69, 9.17) is 0 Å². The Morgan fingerprint density at radius 2 is 0.625 bits per heavy atom. The molecule has 0 aromatic heterocycles. The van der Waals surface area contributed by atoms with Gasteiger partial charge < -0.3 is 9.47 Å². The summed E-state index contributed by atoms with van der Waals surface area (Å²) in [5.41, 5.74) is 11.6. The van der Waals surface area contributed by atoms with Gasteiger partial charge in [0.15, 0.2) is 0 Å². The number of hydrogen-bond donors (Lipinski definition) is 0. The lowest BCUT2D eigenvalue weighted by Crippen LogP contribution is -2.02. The predicted molar refractivity (Wildman–Crippen MR) is 478 cm³/mol. The van der Waals surface area contributed by atoms with Crippen LogP contribution in [-0.4, -0.2) is 26.2 Å². The normalized spacial score (nSPS) is 13.4. The van der Waals surface area contributed by atoms with Crippen molar-refractivity contribution in [1.82, 2.24) is 0 Å². The van der Waals surface area contributed by atoms with Crippen molar-refractivity contribution in [3.63, 3.8) is 0 Å². The molecule has 4 nitrogen and oxygen atoms in total. The number of carbonyl (C=O) groups excluding carboxylic acids is 2. The molecule has 104 heavy (non-hydrogen) atoms. The molecule has 0 aromatic rings. The van der Waals surface area contributed by atoms with Gasteiger partial charge in [0, 0.05) is 12.5 Å². The molecule has 0 heterocycles. The van der Waals surface area contributed by atoms with E-state index in [9.17, 15) is 9.59 Å². The highest BCUT2D eigenvalue weighted by Crippen LogP contribution is 2.24. The minimum atomic E-state index is -0.288. The lowest BCUT2D eigenvalue weighted by Gasteiger charge is -2.16. The first-order valence-corrected chi connectivity index (χ1v) is 42.9. The SMILES string of the molecule is CC(C)=CCC/C(C)=C/C=C/C(C)=C/C(C)C.CC(C)=CCC/C(C)=C/CC/C(C)=C/CCC(C)C.CC(C)=CCC/C(C)=C\C=C/C(C)C.CC(C)CCCC(C)CCCC(C)CC(C)C.CC(C)CCCC(C)CCCC(C)CCCC(C)C.COC(=O)/C=C/C(C)C.COC(=O)CCC(C)C. The first kappa shape index (κ1) is 113. The summed E-state index contributed by atoms with van der Waals surface area (Å²) < 4.78 is 8.84. The van der Waals surface area contributed by atoms with E-state index in [1.54, 1.807) is 11.6 Å². The Kier molecular flexibility index (Phi) is 87.3. The molecule has 0 aromatic carbocycles. The van der Waals surface area contributed by atoms with Crippen LogP contribution in [0.3, 0.4) is 0 Å². The van der Waals surface area contributed by atoms with E-state index < -0.39 is 0 Å². The van der Waals surface area contributed by atoms with Crippen LogP contribution in [0.5, 0.6) is 0 Å². The second-order valence-corrected chi connectivity index (χ2v) is 35.8. The molecule has 0 saturated carbocycles. The van der Waals surface area contributed by atoms with Crippen LogP contribution in [0.1, 0.15) is 408 Å². The maximum atomic E-state index is 10.5. The van der Waals surface area contributed by atoms with E-state index in [1.165, 1.54) is 213 Å². The summed E-state index contributed by atoms with van der Waals surface area (Å²) in [6.07, 6.45) is 66.9. The standard InChI is InChI=1S/C19H40.C19H34.C17H36.C17H28.C14H24.C7H14O2.C7H12O2/c2*1-16(2)10-7-12-18(5)14-9-15-19(6)13-8-11-17(3)4;2*1-14(2)9-7-10-16(5)11-8-12-17(6)13-15(3)4;1-12(2)8-6-10-14(5)11-7-9-13(3)4;2*1-6(2)4-5-7(8)9-3/h16-19H,7-15H2,1-6H3;10,13-14,17H,7-9,11-12,15H2,1-6H3;14-17H,7-13H2,1-6H3;8-9,11-13,15H,7,10H2,1-6H3;6,8-10,12H,7,11H2,1-5H3;6H,4-5H2,1-3H3;4-6H,1-3H3/b;18-14+,19-13+;;12-8+,16-11+,17-13+;8-6-,14-10-;;5-4+. The lowest BCUT2D eigenvalue weighted by molar-refractivity contribution is -0.141. The van der Waals surface area contributed by atoms with Gasteiger partial charge in [-0.25, -0.2) is 4.79 Å². The smallest absolute Gasteiger partial charge is 0.330 e. The third kappa shape index (κ3) is 114. The molecule has 0 amide bonds. The molecule has 4 atom stereocenters. The van der Waals surface area contributed by atoms with Crippen LogP contribution in [0.25, 0.3) is 0 Å². The summed E-state index contributed by atoms with van der Waals surface area (Å²) >= 11 is 0. The summed E-state index contributed by atoms with van der Waals surface area (Å²) in [5.74, 6) is 9.98. The van der Waals surface area contributed by atoms with Gasteiger partial charge in [-0.2, -0.15) is 0 Å². The molecule has 4 heteroatoms. The maximum absolute atomic E-state index is 10.5. The molecule has 0 aliphatic rings. The van der Waals surface area contributed by atoms with Crippen molar-refractivity contribution in [1.29, 1.82) is 0 Å². The molecule has 0 saturated heterocycles. The fourth-order valence-corrected chi connectivity index (χ4v) is 11.2. The van der Waals surface area contributed by atoms with E-state index in [1.807, 2.05) is 13.8 Å². The van der Waals surface area contributed by atoms with Crippen LogP contribution in [0.2, 0.25) is 0 Å². The summed E-state index contributed by atoms with van der Waals surface area (Å²) in [6, 6.07) is 0. The van der Waals surface area contributed by atoms with Gasteiger partial charge in [-0.05, 0) is 230 Å². The fourth-order valence-electron chi connectivity index (χ4n) is 11.2. The average Bonchev–Trinajstić information content (AvgIpc) is 1.29. The van der Waals surface area contributed by atoms with Gasteiger partial charge in [0.1, 0.15) is 0 Å². The van der Waals surface area contributed by atoms with Crippen molar-refractivity contribution in [2.24, 2.45) is 76.9 Å². The second kappa shape index (κ2) is 80.1. The Balaban J connectivity index is -0.000000214. The van der Waals surface area contributed by atoms with Gasteiger partial charge in [-0.1, -0.05) is 372 Å². The molecular formula is C100H188O4. The van der Waals surface area contributed by atoms with Crippen LogP contribution in [0.15, 0.2) is 130 Å². The van der Waals surface area contributed by atoms with Crippen LogP contribution in [0.4, 0.5) is 0 Å². The van der Waals surface area contributed by atoms with Crippen molar-refractivity contribution in [3.05, 3.63) is 130 Å². The first-order chi connectivity index (χ1) is 48.5. The number of allylic oxidation sites excluding steroid dienone is 21. The van der Waals surface area contributed by atoms with Gasteiger partial charge >= 0.3 is 11.9 Å². The zero-order chi connectivity index (χ0) is 81.4. The zero-order valence-corrected chi connectivity index (χ0v) is 77.0. The molecule has 0 fully saturated rings. The fraction of sp³-hybridized carbons (Fsp3) is 0.760. The number of carbonyl (C=O) groups is 2. The summed E-state index contributed by atoms with van der Waals surface area (Å²) in [4.78, 5) is 20.9. The maximum Gasteiger partial charge on any atom is 0.330 e. The third-order valence-electron chi connectivity index (χ3n) is 17.8. The van der Waals surface area contributed by atoms with Gasteiger partial charge in [0.2, 0.25) is 0 Å². The summed E-state index contributed by atoms with van der Waals surface area (Å²) in [7, 11) is 2.79. The lowest BCUT2D eigenvalue weighted by atomic mass is 9.90. The van der Waals surface area contributed by atoms with Crippen molar-refractivity contribution in [2.75, 3.05) is 14.2 Å². The average molecular weight is 1450 g/mol. The van der Waals surface area contributed by atoms with Crippen LogP contribution < -0.4 is 0 Å². The molecule has 0 aliphatic heterocycles. The summed E-state index contributed by atoms with van der Waals surface area (Å²) in [5, 5.41) is 0. The number of rotatable bonds is 47. The molecule has 612 valence electrons. The van der Waals surface area contributed by atoms with Gasteiger partial charge in [0.25, 0.3) is 0 Å². The quantitative estimate of drug-likeness (QED) is 0.0264. The molecule has 0 radical (unpaired) electrons. The Morgan fingerprint density at radius 1 is 0.298 bits per heavy atom. The van der Waals surface area contributed by atoms with Gasteiger partial charge in [-0.15, -0.1) is 0 Å². The molecule has 4 unspecified atom stereocenters. The van der Waals surface area contributed by atoms with Gasteiger partial charge in [0.05, 0.1) is 14.2 Å². The number of methoxy groups -OCH3 is 2. The highest BCUT2D eigenvalue weighted by atomic mass is 16.5. The van der Waals surface area contributed by atoms with E-state index in [-0.39, 0.29) is 11.9 Å². The van der Waals surface area contributed by atoms with Gasteiger partial charge in [-0.3, -0.25) is 4.79 Å². The highest BCUT2D eigenvalue weighted by Gasteiger charge is 2.10. The molecule has 0 aliphatic carbocycles. The van der Waals surface area contributed by atoms with E-state index in [0.29, 0.717) is 30.1 Å². The number of ether oxygens (including phenoxy) is 2. The predicted octanol–water partition coefficient (Wildman–Crippen LogP) is 33.9. The molecule has 0 rings (SSSR count). The number of esters is 2. The minimum Gasteiger partial charge on any atom is -0.469 e. The summed E-state index contributed by atoms with van der Waals surface area (Å²) in [6.45, 7) is 74.0. The van der Waals surface area contributed by atoms with Crippen molar-refractivity contribution < 1.29 is 19.1 Å².